The van der Waals surface area contributed by atoms with Crippen LogP contribution in [0.2, 0.25) is 0 Å². The van der Waals surface area contributed by atoms with Gasteiger partial charge in [0.1, 0.15) is 0 Å². The number of rotatable bonds is 5. The number of nitrogens with one attached hydrogen (secondary N) is 1. The molecule has 0 spiro atoms. The first-order chi connectivity index (χ1) is 8.75. The lowest BCUT2D eigenvalue weighted by Gasteiger charge is -2.32. The number of carbonyl (C=O) groups excluding carboxylic acids is 1. The second kappa shape index (κ2) is 6.40. The summed E-state index contributed by atoms with van der Waals surface area (Å²) >= 11 is 0. The summed E-state index contributed by atoms with van der Waals surface area (Å²) in [4.78, 5) is 23.4. The molecule has 110 valence electrons. The maximum atomic E-state index is 12.2. The fourth-order valence-corrected chi connectivity index (χ4v) is 2.39. The van der Waals surface area contributed by atoms with Crippen LogP contribution in [0.15, 0.2) is 0 Å². The number of hydrogen-bond donors (Lipinski definition) is 2. The molecule has 1 aliphatic rings. The van der Waals surface area contributed by atoms with Gasteiger partial charge < -0.3 is 10.4 Å². The predicted molar refractivity (Wildman–Crippen MR) is 74.7 cm³/mol. The first kappa shape index (κ1) is 16.0. The average Bonchev–Trinajstić information content (AvgIpc) is 2.35. The highest BCUT2D eigenvalue weighted by atomic mass is 16.4. The molecule has 1 aliphatic carbocycles. The van der Waals surface area contributed by atoms with Crippen LogP contribution in [0.25, 0.3) is 0 Å². The van der Waals surface area contributed by atoms with Crippen molar-refractivity contribution in [3.8, 4) is 0 Å². The van der Waals surface area contributed by atoms with Gasteiger partial charge in [-0.05, 0) is 24.2 Å². The molecule has 0 unspecified atom stereocenters. The number of amides is 1. The molecule has 1 rings (SSSR count). The molecule has 0 aliphatic heterocycles. The highest BCUT2D eigenvalue weighted by molar-refractivity contribution is 5.84. The van der Waals surface area contributed by atoms with Crippen LogP contribution < -0.4 is 5.32 Å². The van der Waals surface area contributed by atoms with Crippen LogP contribution >= 0.6 is 0 Å². The lowest BCUT2D eigenvalue weighted by molar-refractivity contribution is -0.149. The highest BCUT2D eigenvalue weighted by Gasteiger charge is 2.36. The Morgan fingerprint density at radius 3 is 2.21 bits per heavy atom. The SMILES string of the molecule is CC(C)C(C)(C)CNC(=O)[C@@H]1CCCC[C@@H]1C(=O)O. The van der Waals surface area contributed by atoms with E-state index in [2.05, 4.69) is 33.0 Å². The third kappa shape index (κ3) is 4.22. The summed E-state index contributed by atoms with van der Waals surface area (Å²) in [5, 5.41) is 12.2. The minimum atomic E-state index is -0.831. The van der Waals surface area contributed by atoms with E-state index in [4.69, 9.17) is 0 Å². The van der Waals surface area contributed by atoms with Crippen molar-refractivity contribution >= 4 is 11.9 Å². The summed E-state index contributed by atoms with van der Waals surface area (Å²) < 4.78 is 0. The Morgan fingerprint density at radius 1 is 1.21 bits per heavy atom. The van der Waals surface area contributed by atoms with Crippen LogP contribution in [0.5, 0.6) is 0 Å². The summed E-state index contributed by atoms with van der Waals surface area (Å²) in [5.41, 5.74) is 0.0308. The Labute approximate surface area is 116 Å². The van der Waals surface area contributed by atoms with Crippen LogP contribution in [0, 0.1) is 23.2 Å². The van der Waals surface area contributed by atoms with Gasteiger partial charge in [-0.3, -0.25) is 9.59 Å². The molecule has 1 amide bonds. The van der Waals surface area contributed by atoms with Crippen molar-refractivity contribution in [2.45, 2.75) is 53.4 Å². The largest absolute Gasteiger partial charge is 0.481 e. The molecule has 2 atom stereocenters. The van der Waals surface area contributed by atoms with E-state index < -0.39 is 11.9 Å². The van der Waals surface area contributed by atoms with E-state index in [-0.39, 0.29) is 17.2 Å². The topological polar surface area (TPSA) is 66.4 Å². The molecule has 1 saturated carbocycles. The molecule has 0 radical (unpaired) electrons. The molecule has 0 aromatic heterocycles. The monoisotopic (exact) mass is 269 g/mol. The van der Waals surface area contributed by atoms with Crippen molar-refractivity contribution in [1.82, 2.24) is 5.32 Å². The number of aliphatic carboxylic acids is 1. The zero-order chi connectivity index (χ0) is 14.6. The van der Waals surface area contributed by atoms with E-state index in [0.29, 0.717) is 25.3 Å². The summed E-state index contributed by atoms with van der Waals surface area (Å²) in [6.07, 6.45) is 3.19. The molecule has 0 aromatic carbocycles. The summed E-state index contributed by atoms with van der Waals surface area (Å²) in [7, 11) is 0. The minimum Gasteiger partial charge on any atom is -0.481 e. The molecule has 0 aromatic rings. The zero-order valence-corrected chi connectivity index (χ0v) is 12.5. The van der Waals surface area contributed by atoms with Gasteiger partial charge in [-0.1, -0.05) is 40.5 Å². The molecule has 19 heavy (non-hydrogen) atoms. The fraction of sp³-hybridized carbons (Fsp3) is 0.867. The third-order valence-electron chi connectivity index (χ3n) is 4.70. The van der Waals surface area contributed by atoms with Gasteiger partial charge in [0.25, 0.3) is 0 Å². The Bertz CT molecular complexity index is 336. The van der Waals surface area contributed by atoms with E-state index in [0.717, 1.165) is 12.8 Å². The normalized spacial score (nSPS) is 24.3. The predicted octanol–water partition coefficient (Wildman–Crippen LogP) is 2.68. The molecular weight excluding hydrogens is 242 g/mol. The van der Waals surface area contributed by atoms with E-state index >= 15 is 0 Å². The van der Waals surface area contributed by atoms with Crippen LogP contribution in [0.4, 0.5) is 0 Å². The smallest absolute Gasteiger partial charge is 0.307 e. The maximum Gasteiger partial charge on any atom is 0.307 e. The van der Waals surface area contributed by atoms with Crippen LogP contribution in [0.3, 0.4) is 0 Å². The number of carboxylic acid groups (broad SMARTS) is 1. The van der Waals surface area contributed by atoms with E-state index in [1.165, 1.54) is 0 Å². The second-order valence-corrected chi connectivity index (χ2v) is 6.70. The zero-order valence-electron chi connectivity index (χ0n) is 12.5. The van der Waals surface area contributed by atoms with Crippen molar-refractivity contribution in [3.05, 3.63) is 0 Å². The Hall–Kier alpha value is -1.06. The summed E-state index contributed by atoms with van der Waals surface area (Å²) in [6, 6.07) is 0. The van der Waals surface area contributed by atoms with Gasteiger partial charge in [0.05, 0.1) is 11.8 Å². The first-order valence-corrected chi connectivity index (χ1v) is 7.26. The summed E-state index contributed by atoms with van der Waals surface area (Å²) in [6.45, 7) is 9.10. The number of hydrogen-bond acceptors (Lipinski definition) is 2. The third-order valence-corrected chi connectivity index (χ3v) is 4.70. The van der Waals surface area contributed by atoms with Gasteiger partial charge in [-0.2, -0.15) is 0 Å². The first-order valence-electron chi connectivity index (χ1n) is 7.26. The van der Waals surface area contributed by atoms with Crippen molar-refractivity contribution < 1.29 is 14.7 Å². The van der Waals surface area contributed by atoms with Crippen molar-refractivity contribution in [1.29, 1.82) is 0 Å². The van der Waals surface area contributed by atoms with Crippen LogP contribution in [-0.4, -0.2) is 23.5 Å². The van der Waals surface area contributed by atoms with Gasteiger partial charge in [0, 0.05) is 6.54 Å². The van der Waals surface area contributed by atoms with Gasteiger partial charge in [-0.25, -0.2) is 0 Å². The maximum absolute atomic E-state index is 12.2. The van der Waals surface area contributed by atoms with E-state index in [9.17, 15) is 14.7 Å². The van der Waals surface area contributed by atoms with E-state index in [1.54, 1.807) is 0 Å². The van der Waals surface area contributed by atoms with Crippen LogP contribution in [0.1, 0.15) is 53.4 Å². The Kier molecular flexibility index (Phi) is 5.39. The molecule has 0 heterocycles. The minimum absolute atomic E-state index is 0.0308. The van der Waals surface area contributed by atoms with Crippen molar-refractivity contribution in [2.75, 3.05) is 6.54 Å². The molecule has 4 heteroatoms. The molecule has 0 saturated heterocycles. The molecular formula is C15H27NO3. The fourth-order valence-electron chi connectivity index (χ4n) is 2.39. The van der Waals surface area contributed by atoms with Gasteiger partial charge in [0.2, 0.25) is 5.91 Å². The average molecular weight is 269 g/mol. The number of carbonyl (C=O) groups is 2. The lowest BCUT2D eigenvalue weighted by Crippen LogP contribution is -2.44. The van der Waals surface area contributed by atoms with Crippen LogP contribution in [-0.2, 0) is 9.59 Å². The molecule has 1 fully saturated rings. The summed E-state index contributed by atoms with van der Waals surface area (Å²) in [5.74, 6) is -1.30. The molecule has 4 nitrogen and oxygen atoms in total. The van der Waals surface area contributed by atoms with E-state index in [1.807, 2.05) is 0 Å². The Morgan fingerprint density at radius 2 is 1.74 bits per heavy atom. The lowest BCUT2D eigenvalue weighted by atomic mass is 9.78. The standard InChI is InChI=1S/C15H27NO3/c1-10(2)15(3,4)9-16-13(17)11-7-5-6-8-12(11)14(18)19/h10-12H,5-9H2,1-4H3,(H,16,17)(H,18,19)/t11-,12+/m1/s1. The molecule has 2 N–H and O–H groups in total. The quantitative estimate of drug-likeness (QED) is 0.806. The number of carboxylic acids is 1. The second-order valence-electron chi connectivity index (χ2n) is 6.70. The highest BCUT2D eigenvalue weighted by Crippen LogP contribution is 2.31. The van der Waals surface area contributed by atoms with Gasteiger partial charge in [-0.15, -0.1) is 0 Å². The Balaban J connectivity index is 2.59. The van der Waals surface area contributed by atoms with Gasteiger partial charge in [0.15, 0.2) is 0 Å². The molecule has 0 bridgehead atoms. The van der Waals surface area contributed by atoms with Gasteiger partial charge >= 0.3 is 5.97 Å². The van der Waals surface area contributed by atoms with Crippen molar-refractivity contribution in [3.63, 3.8) is 0 Å². The van der Waals surface area contributed by atoms with Crippen molar-refractivity contribution in [2.24, 2.45) is 23.2 Å².